The number of nitrogens with one attached hydrogen (secondary N) is 1. The summed E-state index contributed by atoms with van der Waals surface area (Å²) in [6, 6.07) is 15.1. The molecule has 1 aliphatic rings. The smallest absolute Gasteiger partial charge is 0.405 e. The zero-order valence-electron chi connectivity index (χ0n) is 14.6. The summed E-state index contributed by atoms with van der Waals surface area (Å²) in [4.78, 5) is 11.0. The fraction of sp³-hybridized carbons (Fsp3) is 0.381. The summed E-state index contributed by atoms with van der Waals surface area (Å²) in [5.41, 5.74) is 6.28. The largest absolute Gasteiger partial charge is 0.465 e. The predicted octanol–water partition coefficient (Wildman–Crippen LogP) is 5.30. The monoisotopic (exact) mass is 323 g/mol. The van der Waals surface area contributed by atoms with Crippen molar-refractivity contribution >= 4 is 6.09 Å². The standard InChI is InChI=1S/C21H25NO2/c1-21(2,3)17-10-7-14(8-11-17)15-9-12-18-16(13-15)5-4-6-19(18)22-20(23)24/h7-13,19,22H,4-6H2,1-3H3,(H,23,24). The first-order chi connectivity index (χ1) is 11.3. The van der Waals surface area contributed by atoms with Gasteiger partial charge in [0.25, 0.3) is 0 Å². The molecule has 0 radical (unpaired) electrons. The molecule has 1 aliphatic carbocycles. The maximum atomic E-state index is 11.0. The average Bonchev–Trinajstić information content (AvgIpc) is 2.53. The Hall–Kier alpha value is -2.29. The minimum atomic E-state index is -0.949. The van der Waals surface area contributed by atoms with Crippen molar-refractivity contribution < 1.29 is 9.90 Å². The number of hydrogen-bond donors (Lipinski definition) is 2. The minimum Gasteiger partial charge on any atom is -0.465 e. The number of carbonyl (C=O) groups is 1. The summed E-state index contributed by atoms with van der Waals surface area (Å²) in [7, 11) is 0. The van der Waals surface area contributed by atoms with Crippen molar-refractivity contribution in [2.45, 2.75) is 51.5 Å². The maximum Gasteiger partial charge on any atom is 0.405 e. The van der Waals surface area contributed by atoms with Crippen molar-refractivity contribution in [3.05, 3.63) is 59.2 Å². The lowest BCUT2D eigenvalue weighted by Gasteiger charge is -2.26. The number of amides is 1. The van der Waals surface area contributed by atoms with E-state index in [2.05, 4.69) is 68.6 Å². The Bertz CT molecular complexity index is 741. The number of aryl methyl sites for hydroxylation is 1. The third-order valence-electron chi connectivity index (χ3n) is 4.84. The van der Waals surface area contributed by atoms with E-state index in [0.29, 0.717) is 0 Å². The van der Waals surface area contributed by atoms with Crippen molar-refractivity contribution in [2.75, 3.05) is 0 Å². The van der Waals surface area contributed by atoms with Crippen LogP contribution in [0.1, 0.15) is 56.3 Å². The Morgan fingerprint density at radius 2 is 1.75 bits per heavy atom. The van der Waals surface area contributed by atoms with E-state index in [1.165, 1.54) is 22.3 Å². The van der Waals surface area contributed by atoms with Crippen molar-refractivity contribution in [1.29, 1.82) is 0 Å². The van der Waals surface area contributed by atoms with Crippen LogP contribution >= 0.6 is 0 Å². The van der Waals surface area contributed by atoms with Gasteiger partial charge < -0.3 is 10.4 Å². The van der Waals surface area contributed by atoms with E-state index in [4.69, 9.17) is 5.11 Å². The highest BCUT2D eigenvalue weighted by Crippen LogP contribution is 2.33. The number of hydrogen-bond acceptors (Lipinski definition) is 1. The van der Waals surface area contributed by atoms with Gasteiger partial charge in [0.1, 0.15) is 0 Å². The van der Waals surface area contributed by atoms with Crippen LogP contribution in [0, 0.1) is 0 Å². The van der Waals surface area contributed by atoms with E-state index in [1.54, 1.807) is 0 Å². The first-order valence-electron chi connectivity index (χ1n) is 8.58. The zero-order valence-corrected chi connectivity index (χ0v) is 14.6. The fourth-order valence-corrected chi connectivity index (χ4v) is 3.46. The van der Waals surface area contributed by atoms with Crippen LogP contribution in [0.2, 0.25) is 0 Å². The first kappa shape index (κ1) is 16.6. The van der Waals surface area contributed by atoms with Gasteiger partial charge in [0.15, 0.2) is 0 Å². The summed E-state index contributed by atoms with van der Waals surface area (Å²) >= 11 is 0. The molecule has 3 rings (SSSR count). The second-order valence-corrected chi connectivity index (χ2v) is 7.64. The summed E-state index contributed by atoms with van der Waals surface area (Å²) in [5, 5.41) is 11.6. The molecule has 0 bridgehead atoms. The van der Waals surface area contributed by atoms with Gasteiger partial charge in [-0.25, -0.2) is 4.79 Å². The van der Waals surface area contributed by atoms with E-state index in [-0.39, 0.29) is 11.5 Å². The van der Waals surface area contributed by atoms with Crippen LogP contribution in [0.5, 0.6) is 0 Å². The van der Waals surface area contributed by atoms with Gasteiger partial charge in [0, 0.05) is 0 Å². The van der Waals surface area contributed by atoms with Crippen LogP contribution in [0.3, 0.4) is 0 Å². The predicted molar refractivity (Wildman–Crippen MR) is 97.4 cm³/mol. The molecule has 2 aromatic rings. The van der Waals surface area contributed by atoms with Crippen molar-refractivity contribution in [2.24, 2.45) is 0 Å². The molecule has 3 nitrogen and oxygen atoms in total. The third-order valence-corrected chi connectivity index (χ3v) is 4.84. The van der Waals surface area contributed by atoms with Crippen LogP contribution in [0.15, 0.2) is 42.5 Å². The molecule has 126 valence electrons. The normalized spacial score (nSPS) is 17.2. The molecule has 0 aromatic heterocycles. The number of benzene rings is 2. The molecule has 1 atom stereocenters. The first-order valence-corrected chi connectivity index (χ1v) is 8.58. The van der Waals surface area contributed by atoms with E-state index in [0.717, 1.165) is 24.8 Å². The molecular formula is C21H25NO2. The van der Waals surface area contributed by atoms with E-state index >= 15 is 0 Å². The van der Waals surface area contributed by atoms with Crippen LogP contribution in [-0.2, 0) is 11.8 Å². The molecule has 0 saturated heterocycles. The zero-order chi connectivity index (χ0) is 17.3. The molecule has 0 spiro atoms. The SMILES string of the molecule is CC(C)(C)c1ccc(-c2ccc3c(c2)CCCC3NC(=O)O)cc1. The fourth-order valence-electron chi connectivity index (χ4n) is 3.46. The van der Waals surface area contributed by atoms with Gasteiger partial charge in [0.2, 0.25) is 0 Å². The van der Waals surface area contributed by atoms with Gasteiger partial charge in [-0.3, -0.25) is 0 Å². The summed E-state index contributed by atoms with van der Waals surface area (Å²) in [6.07, 6.45) is 1.96. The second kappa shape index (κ2) is 6.31. The number of fused-ring (bicyclic) bond motifs is 1. The van der Waals surface area contributed by atoms with Gasteiger partial charge in [-0.2, -0.15) is 0 Å². The Labute approximate surface area is 143 Å². The van der Waals surface area contributed by atoms with Crippen molar-refractivity contribution in [3.8, 4) is 11.1 Å². The highest BCUT2D eigenvalue weighted by molar-refractivity contribution is 5.68. The van der Waals surface area contributed by atoms with Crippen LogP contribution in [-0.4, -0.2) is 11.2 Å². The summed E-state index contributed by atoms with van der Waals surface area (Å²) in [5.74, 6) is 0. The van der Waals surface area contributed by atoms with E-state index in [1.807, 2.05) is 0 Å². The lowest BCUT2D eigenvalue weighted by atomic mass is 9.84. The second-order valence-electron chi connectivity index (χ2n) is 7.64. The minimum absolute atomic E-state index is 0.0800. The van der Waals surface area contributed by atoms with Gasteiger partial charge >= 0.3 is 6.09 Å². The molecule has 2 N–H and O–H groups in total. The molecule has 3 heteroatoms. The maximum absolute atomic E-state index is 11.0. The average molecular weight is 323 g/mol. The van der Waals surface area contributed by atoms with Crippen molar-refractivity contribution in [1.82, 2.24) is 5.32 Å². The summed E-state index contributed by atoms with van der Waals surface area (Å²) in [6.45, 7) is 6.66. The van der Waals surface area contributed by atoms with Gasteiger partial charge in [-0.1, -0.05) is 63.2 Å². The molecular weight excluding hydrogens is 298 g/mol. The Kier molecular flexibility index (Phi) is 4.35. The Morgan fingerprint density at radius 3 is 2.38 bits per heavy atom. The van der Waals surface area contributed by atoms with E-state index in [9.17, 15) is 4.79 Å². The summed E-state index contributed by atoms with van der Waals surface area (Å²) < 4.78 is 0. The van der Waals surface area contributed by atoms with Crippen LogP contribution in [0.4, 0.5) is 4.79 Å². The molecule has 0 fully saturated rings. The lowest BCUT2D eigenvalue weighted by Crippen LogP contribution is -2.29. The van der Waals surface area contributed by atoms with Gasteiger partial charge in [-0.15, -0.1) is 0 Å². The van der Waals surface area contributed by atoms with Gasteiger partial charge in [0.05, 0.1) is 6.04 Å². The highest BCUT2D eigenvalue weighted by Gasteiger charge is 2.22. The molecule has 0 aliphatic heterocycles. The molecule has 1 amide bonds. The Balaban J connectivity index is 1.90. The third kappa shape index (κ3) is 3.45. The van der Waals surface area contributed by atoms with Gasteiger partial charge in [-0.05, 0) is 52.5 Å². The molecule has 0 heterocycles. The molecule has 24 heavy (non-hydrogen) atoms. The number of rotatable bonds is 2. The molecule has 0 saturated carbocycles. The topological polar surface area (TPSA) is 49.3 Å². The quantitative estimate of drug-likeness (QED) is 0.788. The van der Waals surface area contributed by atoms with Crippen molar-refractivity contribution in [3.63, 3.8) is 0 Å². The molecule has 2 aromatic carbocycles. The number of carboxylic acid groups (broad SMARTS) is 1. The highest BCUT2D eigenvalue weighted by atomic mass is 16.4. The Morgan fingerprint density at radius 1 is 1.08 bits per heavy atom. The molecule has 1 unspecified atom stereocenters. The van der Waals surface area contributed by atoms with Crippen LogP contribution in [0.25, 0.3) is 11.1 Å². The van der Waals surface area contributed by atoms with Crippen LogP contribution < -0.4 is 5.32 Å². The van der Waals surface area contributed by atoms with E-state index < -0.39 is 6.09 Å². The lowest BCUT2D eigenvalue weighted by molar-refractivity contribution is 0.188.